The highest BCUT2D eigenvalue weighted by Crippen LogP contribution is 2.25. The number of para-hydroxylation sites is 1. The molecule has 0 radical (unpaired) electrons. The average molecular weight is 382 g/mol. The zero-order chi connectivity index (χ0) is 19.8. The lowest BCUT2D eigenvalue weighted by atomic mass is 9.97. The number of anilines is 1. The molecule has 0 bridgehead atoms. The molecule has 28 heavy (non-hydrogen) atoms. The molecule has 1 aliphatic rings. The molecule has 2 aromatic heterocycles. The fourth-order valence-electron chi connectivity index (χ4n) is 3.42. The highest BCUT2D eigenvalue weighted by Gasteiger charge is 2.28. The van der Waals surface area contributed by atoms with E-state index in [1.54, 1.807) is 36.2 Å². The SMILES string of the molecule is CCOC(=O)N1CCc2c(cncc2C(=O)n2c(=O)oc3c(N)cccc32)C1. The van der Waals surface area contributed by atoms with Gasteiger partial charge < -0.3 is 19.8 Å². The number of aromatic nitrogens is 2. The Bertz CT molecular complexity index is 1150. The Morgan fingerprint density at radius 2 is 2.14 bits per heavy atom. The first-order valence-electron chi connectivity index (χ1n) is 8.83. The van der Waals surface area contributed by atoms with E-state index in [2.05, 4.69) is 4.98 Å². The Morgan fingerprint density at radius 1 is 1.32 bits per heavy atom. The molecular weight excluding hydrogens is 364 g/mol. The predicted octanol–water partition coefficient (Wildman–Crippen LogP) is 1.77. The van der Waals surface area contributed by atoms with E-state index in [-0.39, 0.29) is 17.8 Å². The van der Waals surface area contributed by atoms with E-state index in [0.29, 0.717) is 30.7 Å². The summed E-state index contributed by atoms with van der Waals surface area (Å²) in [4.78, 5) is 43.1. The van der Waals surface area contributed by atoms with Crippen molar-refractivity contribution in [2.24, 2.45) is 0 Å². The first-order valence-corrected chi connectivity index (χ1v) is 8.83. The largest absolute Gasteiger partial charge is 0.450 e. The molecule has 0 aliphatic carbocycles. The first-order chi connectivity index (χ1) is 13.5. The minimum atomic E-state index is -0.806. The number of rotatable bonds is 2. The molecular formula is C19H18N4O5. The lowest BCUT2D eigenvalue weighted by Gasteiger charge is -2.28. The van der Waals surface area contributed by atoms with Crippen LogP contribution in [0, 0.1) is 0 Å². The van der Waals surface area contributed by atoms with E-state index in [1.165, 1.54) is 6.20 Å². The fraction of sp³-hybridized carbons (Fsp3) is 0.263. The number of benzene rings is 1. The van der Waals surface area contributed by atoms with Crippen LogP contribution >= 0.6 is 0 Å². The molecule has 1 aliphatic heterocycles. The topological polar surface area (TPSA) is 121 Å². The number of carbonyl (C=O) groups excluding carboxylic acids is 2. The van der Waals surface area contributed by atoms with Crippen molar-refractivity contribution in [3.63, 3.8) is 0 Å². The van der Waals surface area contributed by atoms with E-state index in [0.717, 1.165) is 15.7 Å². The Balaban J connectivity index is 1.75. The van der Waals surface area contributed by atoms with Crippen LogP contribution in [0.3, 0.4) is 0 Å². The molecule has 0 atom stereocenters. The second-order valence-electron chi connectivity index (χ2n) is 6.40. The minimum absolute atomic E-state index is 0.173. The van der Waals surface area contributed by atoms with Gasteiger partial charge in [0.05, 0.1) is 24.4 Å². The molecule has 0 spiro atoms. The molecule has 1 amide bonds. The summed E-state index contributed by atoms with van der Waals surface area (Å²) in [6, 6.07) is 4.84. The van der Waals surface area contributed by atoms with Crippen molar-refractivity contribution >= 4 is 28.8 Å². The number of fused-ring (bicyclic) bond motifs is 2. The summed E-state index contributed by atoms with van der Waals surface area (Å²) in [6.45, 7) is 2.73. The van der Waals surface area contributed by atoms with Crippen LogP contribution in [0.5, 0.6) is 0 Å². The number of hydrogen-bond donors (Lipinski definition) is 1. The van der Waals surface area contributed by atoms with Gasteiger partial charge >= 0.3 is 11.8 Å². The van der Waals surface area contributed by atoms with Gasteiger partial charge in [0, 0.05) is 18.9 Å². The summed E-state index contributed by atoms with van der Waals surface area (Å²) in [7, 11) is 0. The zero-order valence-corrected chi connectivity index (χ0v) is 15.2. The van der Waals surface area contributed by atoms with Crippen LogP contribution in [0.25, 0.3) is 11.1 Å². The maximum Gasteiger partial charge on any atom is 0.427 e. The lowest BCUT2D eigenvalue weighted by molar-refractivity contribution is 0.0952. The highest BCUT2D eigenvalue weighted by molar-refractivity contribution is 6.03. The molecule has 9 nitrogen and oxygen atoms in total. The average Bonchev–Trinajstić information content (AvgIpc) is 3.04. The molecule has 4 rings (SSSR count). The van der Waals surface area contributed by atoms with E-state index in [1.807, 2.05) is 0 Å². The molecule has 0 fully saturated rings. The van der Waals surface area contributed by atoms with Crippen LogP contribution in [0.2, 0.25) is 0 Å². The summed E-state index contributed by atoms with van der Waals surface area (Å²) >= 11 is 0. The second kappa shape index (κ2) is 6.84. The van der Waals surface area contributed by atoms with Crippen LogP contribution in [-0.2, 0) is 17.7 Å². The van der Waals surface area contributed by atoms with Crippen LogP contribution in [0.15, 0.2) is 39.8 Å². The Kier molecular flexibility index (Phi) is 4.34. The molecule has 144 valence electrons. The van der Waals surface area contributed by atoms with Crippen molar-refractivity contribution in [1.29, 1.82) is 0 Å². The van der Waals surface area contributed by atoms with Gasteiger partial charge in [0.1, 0.15) is 5.52 Å². The maximum atomic E-state index is 13.2. The third kappa shape index (κ3) is 2.81. The van der Waals surface area contributed by atoms with Crippen LogP contribution in [0.4, 0.5) is 10.5 Å². The normalized spacial score (nSPS) is 13.4. The van der Waals surface area contributed by atoms with Gasteiger partial charge in [0.15, 0.2) is 5.58 Å². The summed E-state index contributed by atoms with van der Waals surface area (Å²) in [5.41, 5.74) is 8.39. The standard InChI is InChI=1S/C19H18N4O5/c1-2-27-18(25)22-7-6-12-11(10-22)8-21-9-13(12)17(24)23-15-5-3-4-14(20)16(15)28-19(23)26/h3-5,8-9H,2,6-7,10,20H2,1H3. The van der Waals surface area contributed by atoms with E-state index in [4.69, 9.17) is 14.9 Å². The number of hydrogen-bond acceptors (Lipinski definition) is 7. The molecule has 1 aromatic carbocycles. The van der Waals surface area contributed by atoms with Gasteiger partial charge in [-0.05, 0) is 36.6 Å². The summed E-state index contributed by atoms with van der Waals surface area (Å²) in [5, 5.41) is 0. The molecule has 0 saturated carbocycles. The zero-order valence-electron chi connectivity index (χ0n) is 15.2. The molecule has 3 aromatic rings. The maximum absolute atomic E-state index is 13.2. The van der Waals surface area contributed by atoms with E-state index >= 15 is 0 Å². The van der Waals surface area contributed by atoms with Gasteiger partial charge in [-0.3, -0.25) is 9.78 Å². The van der Waals surface area contributed by atoms with Gasteiger partial charge in [0.25, 0.3) is 5.91 Å². The highest BCUT2D eigenvalue weighted by atomic mass is 16.6. The lowest BCUT2D eigenvalue weighted by Crippen LogP contribution is -2.37. The van der Waals surface area contributed by atoms with Crippen LogP contribution in [-0.4, -0.2) is 39.6 Å². The molecule has 2 N–H and O–H groups in total. The van der Waals surface area contributed by atoms with Gasteiger partial charge in [-0.1, -0.05) is 6.07 Å². The number of nitrogen functional groups attached to an aromatic ring is 1. The van der Waals surface area contributed by atoms with E-state index in [9.17, 15) is 14.4 Å². The number of carbonyl (C=O) groups is 2. The van der Waals surface area contributed by atoms with Gasteiger partial charge in [-0.2, -0.15) is 0 Å². The van der Waals surface area contributed by atoms with E-state index < -0.39 is 17.8 Å². The van der Waals surface area contributed by atoms with Gasteiger partial charge in [-0.25, -0.2) is 14.2 Å². The first kappa shape index (κ1) is 17.8. The molecule has 0 saturated heterocycles. The summed E-state index contributed by atoms with van der Waals surface area (Å²) in [5.74, 6) is -1.34. The molecule has 3 heterocycles. The van der Waals surface area contributed by atoms with Crippen molar-refractivity contribution in [2.45, 2.75) is 19.9 Å². The third-order valence-corrected chi connectivity index (χ3v) is 4.74. The second-order valence-corrected chi connectivity index (χ2v) is 6.40. The van der Waals surface area contributed by atoms with Crippen molar-refractivity contribution in [3.05, 3.63) is 57.8 Å². The van der Waals surface area contributed by atoms with Crippen molar-refractivity contribution in [1.82, 2.24) is 14.5 Å². The number of nitrogens with zero attached hydrogens (tertiary/aromatic N) is 3. The monoisotopic (exact) mass is 382 g/mol. The van der Waals surface area contributed by atoms with Crippen molar-refractivity contribution in [2.75, 3.05) is 18.9 Å². The van der Waals surface area contributed by atoms with Crippen LogP contribution in [0.1, 0.15) is 28.4 Å². The summed E-state index contributed by atoms with van der Waals surface area (Å²) < 4.78 is 11.2. The molecule has 0 unspecified atom stereocenters. The van der Waals surface area contributed by atoms with Crippen molar-refractivity contribution < 1.29 is 18.7 Å². The fourth-order valence-corrected chi connectivity index (χ4v) is 3.42. The smallest absolute Gasteiger partial charge is 0.427 e. The quantitative estimate of drug-likeness (QED) is 0.671. The van der Waals surface area contributed by atoms with Crippen LogP contribution < -0.4 is 11.5 Å². The summed E-state index contributed by atoms with van der Waals surface area (Å²) in [6.07, 6.45) is 3.09. The van der Waals surface area contributed by atoms with Gasteiger partial charge in [0.2, 0.25) is 0 Å². The Morgan fingerprint density at radius 3 is 2.93 bits per heavy atom. The predicted molar refractivity (Wildman–Crippen MR) is 100.0 cm³/mol. The third-order valence-electron chi connectivity index (χ3n) is 4.74. The number of nitrogens with two attached hydrogens (primary N) is 1. The number of pyridine rings is 1. The minimum Gasteiger partial charge on any atom is -0.450 e. The Hall–Kier alpha value is -3.62. The van der Waals surface area contributed by atoms with Gasteiger partial charge in [-0.15, -0.1) is 0 Å². The number of oxazole rings is 1. The number of amides is 1. The number of ether oxygens (including phenoxy) is 1. The Labute approximate surface area is 159 Å². The van der Waals surface area contributed by atoms with Crippen molar-refractivity contribution in [3.8, 4) is 0 Å². The molecule has 9 heteroatoms.